The highest BCUT2D eigenvalue weighted by atomic mass is 16.3. The Kier molecular flexibility index (Phi) is 4.40. The summed E-state index contributed by atoms with van der Waals surface area (Å²) >= 11 is 0. The first-order valence-electron chi connectivity index (χ1n) is 5.08. The molecule has 0 aliphatic rings. The van der Waals surface area contributed by atoms with E-state index in [9.17, 15) is 5.11 Å². The van der Waals surface area contributed by atoms with Crippen molar-refractivity contribution in [2.75, 3.05) is 7.05 Å². The van der Waals surface area contributed by atoms with Gasteiger partial charge >= 0.3 is 0 Å². The van der Waals surface area contributed by atoms with Crippen LogP contribution in [-0.4, -0.2) is 35.2 Å². The summed E-state index contributed by atoms with van der Waals surface area (Å²) in [5, 5.41) is 9.46. The van der Waals surface area contributed by atoms with Crippen LogP contribution in [0.5, 0.6) is 0 Å². The minimum atomic E-state index is -0.269. The Balaban J connectivity index is 4.34. The van der Waals surface area contributed by atoms with Crippen LogP contribution < -0.4 is 0 Å². The van der Waals surface area contributed by atoms with Crippen molar-refractivity contribution in [3.05, 3.63) is 0 Å². The minimum absolute atomic E-state index is 0.217. The van der Waals surface area contributed by atoms with Gasteiger partial charge in [0.25, 0.3) is 0 Å². The summed E-state index contributed by atoms with van der Waals surface area (Å²) in [5.41, 5.74) is 0.262. The zero-order chi connectivity index (χ0) is 10.8. The van der Waals surface area contributed by atoms with E-state index in [-0.39, 0.29) is 17.6 Å². The normalized spacial score (nSPS) is 20.1. The molecule has 2 nitrogen and oxygen atoms in total. The Morgan fingerprint density at radius 2 is 1.46 bits per heavy atom. The summed E-state index contributed by atoms with van der Waals surface area (Å²) < 4.78 is 0. The van der Waals surface area contributed by atoms with Gasteiger partial charge in [0.15, 0.2) is 0 Å². The average Bonchev–Trinajstić information content (AvgIpc) is 1.98. The van der Waals surface area contributed by atoms with Crippen LogP contribution in [0, 0.1) is 5.41 Å². The molecule has 0 rings (SSSR count). The first kappa shape index (κ1) is 12.9. The van der Waals surface area contributed by atoms with Crippen molar-refractivity contribution in [1.29, 1.82) is 0 Å². The Morgan fingerprint density at radius 1 is 1.08 bits per heavy atom. The number of rotatable bonds is 3. The lowest BCUT2D eigenvalue weighted by atomic mass is 9.86. The average molecular weight is 187 g/mol. The van der Waals surface area contributed by atoms with Gasteiger partial charge in [-0.3, -0.25) is 4.90 Å². The van der Waals surface area contributed by atoms with E-state index in [0.717, 1.165) is 0 Å². The fraction of sp³-hybridized carbons (Fsp3) is 1.00. The van der Waals surface area contributed by atoms with E-state index >= 15 is 0 Å². The van der Waals surface area contributed by atoms with Gasteiger partial charge in [0, 0.05) is 12.1 Å². The Hall–Kier alpha value is -0.0800. The van der Waals surface area contributed by atoms with Crippen molar-refractivity contribution >= 4 is 0 Å². The van der Waals surface area contributed by atoms with Crippen molar-refractivity contribution < 1.29 is 5.11 Å². The summed E-state index contributed by atoms with van der Waals surface area (Å²) in [6, 6.07) is 0.686. The lowest BCUT2D eigenvalue weighted by Crippen LogP contribution is -2.47. The molecule has 0 aromatic rings. The van der Waals surface area contributed by atoms with Crippen LogP contribution in [0.15, 0.2) is 0 Å². The summed E-state index contributed by atoms with van der Waals surface area (Å²) in [6.07, 6.45) is -0.269. The summed E-state index contributed by atoms with van der Waals surface area (Å²) in [5.74, 6) is 0. The van der Waals surface area contributed by atoms with E-state index in [4.69, 9.17) is 0 Å². The fourth-order valence-corrected chi connectivity index (χ4v) is 1.30. The van der Waals surface area contributed by atoms with Gasteiger partial charge in [-0.25, -0.2) is 0 Å². The first-order chi connectivity index (χ1) is 5.68. The molecule has 0 fully saturated rings. The Bertz CT molecular complexity index is 149. The maximum absolute atomic E-state index is 9.46. The number of hydrogen-bond donors (Lipinski definition) is 1. The molecule has 0 radical (unpaired) electrons. The number of nitrogens with zero attached hydrogens (tertiary/aromatic N) is 1. The van der Waals surface area contributed by atoms with Gasteiger partial charge in [-0.05, 0) is 33.2 Å². The summed E-state index contributed by atoms with van der Waals surface area (Å²) in [6.45, 7) is 12.8. The van der Waals surface area contributed by atoms with E-state index in [1.54, 1.807) is 0 Å². The smallest absolute Gasteiger partial charge is 0.0664 e. The molecule has 3 unspecified atom stereocenters. The molecule has 2 heteroatoms. The largest absolute Gasteiger partial charge is 0.392 e. The lowest BCUT2D eigenvalue weighted by molar-refractivity contribution is 0.0323. The predicted octanol–water partition coefficient (Wildman–Crippen LogP) is 2.12. The van der Waals surface area contributed by atoms with Crippen LogP contribution in [-0.2, 0) is 0 Å². The third kappa shape index (κ3) is 3.65. The zero-order valence-electron chi connectivity index (χ0n) is 10.1. The van der Waals surface area contributed by atoms with E-state index in [1.165, 1.54) is 0 Å². The molecule has 0 bridgehead atoms. The van der Waals surface area contributed by atoms with Crippen LogP contribution >= 0.6 is 0 Å². The lowest BCUT2D eigenvalue weighted by Gasteiger charge is -2.39. The van der Waals surface area contributed by atoms with E-state index < -0.39 is 0 Å². The molecule has 0 aliphatic heterocycles. The predicted molar refractivity (Wildman–Crippen MR) is 57.8 cm³/mol. The second-order valence-electron chi connectivity index (χ2n) is 5.19. The van der Waals surface area contributed by atoms with Crippen molar-refractivity contribution in [2.45, 2.75) is 59.7 Å². The Morgan fingerprint density at radius 3 is 1.69 bits per heavy atom. The van der Waals surface area contributed by atoms with E-state index in [1.807, 2.05) is 6.92 Å². The Labute approximate surface area is 82.9 Å². The highest BCUT2D eigenvalue weighted by Crippen LogP contribution is 2.24. The van der Waals surface area contributed by atoms with Gasteiger partial charge in [-0.2, -0.15) is 0 Å². The highest BCUT2D eigenvalue weighted by molar-refractivity contribution is 4.82. The molecular weight excluding hydrogens is 162 g/mol. The zero-order valence-corrected chi connectivity index (χ0v) is 10.1. The van der Waals surface area contributed by atoms with Crippen LogP contribution in [0.1, 0.15) is 41.5 Å². The van der Waals surface area contributed by atoms with Crippen molar-refractivity contribution in [1.82, 2.24) is 4.90 Å². The maximum Gasteiger partial charge on any atom is 0.0664 e. The van der Waals surface area contributed by atoms with Gasteiger partial charge in [-0.15, -0.1) is 0 Å². The molecule has 0 amide bonds. The van der Waals surface area contributed by atoms with E-state index in [0.29, 0.717) is 6.04 Å². The molecule has 0 saturated carbocycles. The van der Waals surface area contributed by atoms with Gasteiger partial charge in [-0.1, -0.05) is 20.8 Å². The summed E-state index contributed by atoms with van der Waals surface area (Å²) in [7, 11) is 2.08. The van der Waals surface area contributed by atoms with E-state index in [2.05, 4.69) is 46.6 Å². The van der Waals surface area contributed by atoms with Crippen LogP contribution in [0.2, 0.25) is 0 Å². The van der Waals surface area contributed by atoms with Crippen molar-refractivity contribution in [3.63, 3.8) is 0 Å². The highest BCUT2D eigenvalue weighted by Gasteiger charge is 2.28. The summed E-state index contributed by atoms with van der Waals surface area (Å²) in [4.78, 5) is 2.24. The first-order valence-corrected chi connectivity index (χ1v) is 5.08. The molecule has 0 aromatic carbocycles. The van der Waals surface area contributed by atoms with Crippen molar-refractivity contribution in [3.8, 4) is 0 Å². The quantitative estimate of drug-likeness (QED) is 0.731. The molecule has 13 heavy (non-hydrogen) atoms. The molecule has 0 saturated heterocycles. The number of aliphatic hydroxyl groups excluding tert-OH is 1. The monoisotopic (exact) mass is 187 g/mol. The topological polar surface area (TPSA) is 23.5 Å². The SMILES string of the molecule is CC(O)C(C)N(C)C(C)C(C)(C)C. The molecule has 1 N–H and O–H groups in total. The molecule has 3 atom stereocenters. The molecule has 80 valence electrons. The van der Waals surface area contributed by atoms with Gasteiger partial charge in [0.1, 0.15) is 0 Å². The van der Waals surface area contributed by atoms with Crippen LogP contribution in [0.25, 0.3) is 0 Å². The fourth-order valence-electron chi connectivity index (χ4n) is 1.30. The number of likely N-dealkylation sites (N-methyl/N-ethyl adjacent to an activating group) is 1. The standard InChI is InChI=1S/C11H25NO/c1-8(9(2)13)12(7)10(3)11(4,5)6/h8-10,13H,1-7H3. The van der Waals surface area contributed by atoms with Crippen LogP contribution in [0.4, 0.5) is 0 Å². The third-order valence-electron chi connectivity index (χ3n) is 3.20. The van der Waals surface area contributed by atoms with Crippen LogP contribution in [0.3, 0.4) is 0 Å². The second kappa shape index (κ2) is 4.43. The molecular formula is C11H25NO. The van der Waals surface area contributed by atoms with Gasteiger partial charge in [0.05, 0.1) is 6.10 Å². The van der Waals surface area contributed by atoms with Gasteiger partial charge in [0.2, 0.25) is 0 Å². The minimum Gasteiger partial charge on any atom is -0.392 e. The van der Waals surface area contributed by atoms with Crippen molar-refractivity contribution in [2.24, 2.45) is 5.41 Å². The maximum atomic E-state index is 9.46. The molecule has 0 aromatic heterocycles. The molecule has 0 aliphatic carbocycles. The number of aliphatic hydroxyl groups is 1. The molecule has 0 heterocycles. The van der Waals surface area contributed by atoms with Gasteiger partial charge < -0.3 is 5.11 Å². The molecule has 0 spiro atoms. The number of hydrogen-bond acceptors (Lipinski definition) is 2. The second-order valence-corrected chi connectivity index (χ2v) is 5.19. The third-order valence-corrected chi connectivity index (χ3v) is 3.20.